The van der Waals surface area contributed by atoms with Crippen LogP contribution in [0.4, 0.5) is 11.4 Å². The first-order valence-corrected chi connectivity index (χ1v) is 14.7. The highest BCUT2D eigenvalue weighted by atomic mass is 32.2. The number of ether oxygens (including phenoxy) is 2. The second-order valence-electron chi connectivity index (χ2n) is 9.03. The Balaban J connectivity index is 1.16. The smallest absolute Gasteiger partial charge is 0.266 e. The molecule has 0 aromatic heterocycles. The molecule has 6 nitrogen and oxygen atoms in total. The molecule has 2 amide bonds. The lowest BCUT2D eigenvalue weighted by Gasteiger charge is -2.31. The summed E-state index contributed by atoms with van der Waals surface area (Å²) in [6.45, 7) is 0.536. The number of methoxy groups -OCH3 is 2. The third kappa shape index (κ3) is 5.85. The van der Waals surface area contributed by atoms with E-state index >= 15 is 0 Å². The van der Waals surface area contributed by atoms with Crippen LogP contribution >= 0.6 is 35.7 Å². The number of benzene rings is 3. The van der Waals surface area contributed by atoms with Crippen LogP contribution in [-0.2, 0) is 9.59 Å². The number of carbonyl (C=O) groups excluding carboxylic acids is 2. The fourth-order valence-electron chi connectivity index (χ4n) is 4.59. The molecule has 0 radical (unpaired) electrons. The number of unbranched alkanes of at least 4 members (excludes halogenated alkanes) is 2. The molecule has 3 aromatic carbocycles. The van der Waals surface area contributed by atoms with Crippen LogP contribution in [-0.4, -0.2) is 41.8 Å². The van der Waals surface area contributed by atoms with Gasteiger partial charge in [0, 0.05) is 22.8 Å². The first-order chi connectivity index (χ1) is 19.0. The minimum Gasteiger partial charge on any atom is -0.493 e. The predicted molar refractivity (Wildman–Crippen MR) is 162 cm³/mol. The summed E-state index contributed by atoms with van der Waals surface area (Å²) in [5, 5.41) is 0. The van der Waals surface area contributed by atoms with Gasteiger partial charge in [0.15, 0.2) is 11.5 Å². The van der Waals surface area contributed by atoms with Crippen molar-refractivity contribution in [2.24, 2.45) is 0 Å². The van der Waals surface area contributed by atoms with E-state index in [9.17, 15) is 9.59 Å². The van der Waals surface area contributed by atoms with E-state index in [-0.39, 0.29) is 11.8 Å². The summed E-state index contributed by atoms with van der Waals surface area (Å²) >= 11 is 8.50. The van der Waals surface area contributed by atoms with Crippen LogP contribution in [0.2, 0.25) is 0 Å². The lowest BCUT2D eigenvalue weighted by Crippen LogP contribution is -2.29. The molecule has 0 aliphatic carbocycles. The van der Waals surface area contributed by atoms with Crippen LogP contribution in [0.5, 0.6) is 11.5 Å². The molecule has 0 saturated carbocycles. The highest BCUT2D eigenvalue weighted by Gasteiger charge is 2.32. The third-order valence-electron chi connectivity index (χ3n) is 6.53. The van der Waals surface area contributed by atoms with Gasteiger partial charge in [-0.2, -0.15) is 0 Å². The first-order valence-electron chi connectivity index (χ1n) is 12.7. The van der Waals surface area contributed by atoms with E-state index in [0.717, 1.165) is 46.0 Å². The molecule has 0 N–H and O–H groups in total. The van der Waals surface area contributed by atoms with Crippen molar-refractivity contribution >= 4 is 69.3 Å². The van der Waals surface area contributed by atoms with Gasteiger partial charge >= 0.3 is 0 Å². The fraction of sp³-hybridized carbons (Fsp3) is 0.233. The third-order valence-corrected chi connectivity index (χ3v) is 9.04. The maximum absolute atomic E-state index is 13.4. The van der Waals surface area contributed by atoms with Crippen molar-refractivity contribution in [3.63, 3.8) is 0 Å². The number of nitrogens with zero attached hydrogens (tertiary/aromatic N) is 2. The van der Waals surface area contributed by atoms with Crippen LogP contribution in [0.3, 0.4) is 0 Å². The molecule has 200 valence electrons. The number of hydrogen-bond donors (Lipinski definition) is 0. The van der Waals surface area contributed by atoms with Gasteiger partial charge in [0.25, 0.3) is 5.91 Å². The monoisotopic (exact) mass is 576 g/mol. The van der Waals surface area contributed by atoms with Gasteiger partial charge < -0.3 is 9.47 Å². The number of anilines is 2. The van der Waals surface area contributed by atoms with Gasteiger partial charge in [-0.05, 0) is 60.9 Å². The molecule has 0 spiro atoms. The van der Waals surface area contributed by atoms with Crippen molar-refractivity contribution < 1.29 is 19.1 Å². The van der Waals surface area contributed by atoms with Gasteiger partial charge in [-0.3, -0.25) is 19.4 Å². The Morgan fingerprint density at radius 2 is 1.54 bits per heavy atom. The highest BCUT2D eigenvalue weighted by molar-refractivity contribution is 8.26. The Hall–Kier alpha value is -3.27. The summed E-state index contributed by atoms with van der Waals surface area (Å²) in [5.41, 5.74) is 2.71. The van der Waals surface area contributed by atoms with Crippen molar-refractivity contribution in [1.82, 2.24) is 4.90 Å². The van der Waals surface area contributed by atoms with E-state index in [4.69, 9.17) is 21.7 Å². The Bertz CT molecular complexity index is 1410. The highest BCUT2D eigenvalue weighted by Crippen LogP contribution is 2.48. The van der Waals surface area contributed by atoms with E-state index in [1.807, 2.05) is 65.6 Å². The number of carbonyl (C=O) groups is 2. The van der Waals surface area contributed by atoms with Crippen LogP contribution in [0.15, 0.2) is 81.4 Å². The van der Waals surface area contributed by atoms with Crippen molar-refractivity contribution in [2.45, 2.75) is 35.5 Å². The van der Waals surface area contributed by atoms with Gasteiger partial charge in [0.05, 0.1) is 30.5 Å². The van der Waals surface area contributed by atoms with Crippen LogP contribution in [0, 0.1) is 0 Å². The second-order valence-corrected chi connectivity index (χ2v) is 11.8. The van der Waals surface area contributed by atoms with E-state index in [1.54, 1.807) is 30.9 Å². The van der Waals surface area contributed by atoms with Crippen molar-refractivity contribution in [2.75, 3.05) is 25.7 Å². The minimum atomic E-state index is -0.0881. The zero-order valence-electron chi connectivity index (χ0n) is 21.7. The van der Waals surface area contributed by atoms with E-state index < -0.39 is 0 Å². The largest absolute Gasteiger partial charge is 0.493 e. The number of amides is 2. The second kappa shape index (κ2) is 12.3. The standard InChI is InChI=1S/C30H28N2O4S3/c1-35-23-16-15-20(18-24(23)36-2)19-27-29(34)31(30(37)39-27)17-9-3-4-14-28(33)32-21-10-5-7-12-25(21)38-26-13-8-6-11-22(26)32/h5-8,10-13,15-16,18-19H,3-4,9,14,17H2,1-2H3/b27-19-. The Labute approximate surface area is 242 Å². The molecule has 1 saturated heterocycles. The number of rotatable bonds is 9. The van der Waals surface area contributed by atoms with Gasteiger partial charge in [-0.25, -0.2) is 0 Å². The molecule has 1 fully saturated rings. The number of para-hydroxylation sites is 2. The Morgan fingerprint density at radius 3 is 2.21 bits per heavy atom. The summed E-state index contributed by atoms with van der Waals surface area (Å²) < 4.78 is 11.2. The maximum atomic E-state index is 13.4. The summed E-state index contributed by atoms with van der Waals surface area (Å²) in [4.78, 5) is 32.7. The summed E-state index contributed by atoms with van der Waals surface area (Å²) in [6.07, 6.45) is 4.59. The molecule has 0 atom stereocenters. The van der Waals surface area contributed by atoms with Crippen LogP contribution in [0.25, 0.3) is 6.08 Å². The molecule has 5 rings (SSSR count). The van der Waals surface area contributed by atoms with E-state index in [1.165, 1.54) is 11.8 Å². The zero-order valence-corrected chi connectivity index (χ0v) is 24.2. The molecule has 2 aliphatic rings. The minimum absolute atomic E-state index is 0.0821. The topological polar surface area (TPSA) is 59.1 Å². The quantitative estimate of drug-likeness (QED) is 0.151. The lowest BCUT2D eigenvalue weighted by molar-refractivity contribution is -0.122. The van der Waals surface area contributed by atoms with E-state index in [0.29, 0.717) is 33.7 Å². The maximum Gasteiger partial charge on any atom is 0.266 e. The molecule has 3 aromatic rings. The summed E-state index contributed by atoms with van der Waals surface area (Å²) in [5.74, 6) is 1.23. The van der Waals surface area contributed by atoms with Crippen LogP contribution < -0.4 is 14.4 Å². The average molecular weight is 577 g/mol. The number of hydrogen-bond acceptors (Lipinski definition) is 7. The van der Waals surface area contributed by atoms with E-state index in [2.05, 4.69) is 12.1 Å². The predicted octanol–water partition coefficient (Wildman–Crippen LogP) is 7.29. The van der Waals surface area contributed by atoms with Crippen molar-refractivity contribution in [1.29, 1.82) is 0 Å². The molecule has 0 bridgehead atoms. The van der Waals surface area contributed by atoms with Gasteiger partial charge in [0.2, 0.25) is 5.91 Å². The molecule has 2 heterocycles. The molecule has 2 aliphatic heterocycles. The van der Waals surface area contributed by atoms with Gasteiger partial charge in [-0.1, -0.05) is 72.5 Å². The van der Waals surface area contributed by atoms with Crippen molar-refractivity contribution in [3.8, 4) is 11.5 Å². The SMILES string of the molecule is COc1ccc(/C=C2\SC(=S)N(CCCCCC(=O)N3c4ccccc4Sc4ccccc43)C2=O)cc1OC. The average Bonchev–Trinajstić information content (AvgIpc) is 3.22. The molecule has 9 heteroatoms. The first kappa shape index (κ1) is 27.3. The zero-order chi connectivity index (χ0) is 27.4. The molecular weight excluding hydrogens is 549 g/mol. The Kier molecular flexibility index (Phi) is 8.60. The van der Waals surface area contributed by atoms with Gasteiger partial charge in [0.1, 0.15) is 4.32 Å². The lowest BCUT2D eigenvalue weighted by atomic mass is 10.1. The Morgan fingerprint density at radius 1 is 0.872 bits per heavy atom. The number of fused-ring (bicyclic) bond motifs is 2. The fourth-order valence-corrected chi connectivity index (χ4v) is 6.96. The molecule has 0 unspecified atom stereocenters. The van der Waals surface area contributed by atoms with Crippen LogP contribution in [0.1, 0.15) is 31.2 Å². The van der Waals surface area contributed by atoms with Crippen molar-refractivity contribution in [3.05, 3.63) is 77.2 Å². The number of thioether (sulfide) groups is 1. The summed E-state index contributed by atoms with van der Waals surface area (Å²) in [7, 11) is 3.17. The number of thiocarbonyl (C=S) groups is 1. The molecular formula is C30H28N2O4S3. The molecule has 39 heavy (non-hydrogen) atoms. The van der Waals surface area contributed by atoms with Gasteiger partial charge in [-0.15, -0.1) is 0 Å². The normalized spacial score (nSPS) is 15.4. The summed E-state index contributed by atoms with van der Waals surface area (Å²) in [6, 6.07) is 21.6.